The molecule has 0 radical (unpaired) electrons. The van der Waals surface area contributed by atoms with Crippen molar-refractivity contribution >= 4 is 23.2 Å². The van der Waals surface area contributed by atoms with Gasteiger partial charge in [-0.2, -0.15) is 0 Å². The van der Waals surface area contributed by atoms with Crippen molar-refractivity contribution in [3.63, 3.8) is 0 Å². The molecule has 0 aliphatic carbocycles. The minimum atomic E-state index is -0.372. The lowest BCUT2D eigenvalue weighted by molar-refractivity contribution is -0.115. The van der Waals surface area contributed by atoms with Crippen molar-refractivity contribution in [3.8, 4) is 5.75 Å². The fourth-order valence-corrected chi connectivity index (χ4v) is 2.33. The number of carbonyl (C=O) groups is 1. The molecule has 0 saturated heterocycles. The lowest BCUT2D eigenvalue weighted by atomic mass is 10.1. The summed E-state index contributed by atoms with van der Waals surface area (Å²) in [5.74, 6) is 0.912. The van der Waals surface area contributed by atoms with E-state index in [1.807, 2.05) is 24.3 Å². The molecule has 0 aliphatic heterocycles. The molecular formula is C19H17FN4O2. The van der Waals surface area contributed by atoms with E-state index in [0.717, 1.165) is 11.4 Å². The number of aromatic nitrogens is 2. The SMILES string of the molecule is COc1cccc(Nc2ccc(NC(=O)Cc3cccc(F)c3)nn2)c1. The number of ether oxygens (including phenoxy) is 1. The van der Waals surface area contributed by atoms with Gasteiger partial charge in [0.25, 0.3) is 0 Å². The average molecular weight is 352 g/mol. The first-order chi connectivity index (χ1) is 12.6. The zero-order chi connectivity index (χ0) is 18.4. The van der Waals surface area contributed by atoms with Crippen molar-refractivity contribution in [2.75, 3.05) is 17.7 Å². The molecule has 0 atom stereocenters. The maximum atomic E-state index is 13.1. The Balaban J connectivity index is 1.59. The summed E-state index contributed by atoms with van der Waals surface area (Å²) in [6, 6.07) is 16.7. The highest BCUT2D eigenvalue weighted by Gasteiger charge is 2.07. The minimum absolute atomic E-state index is 0.0588. The predicted octanol–water partition coefficient (Wildman–Crippen LogP) is 3.55. The number of nitrogens with one attached hydrogen (secondary N) is 2. The highest BCUT2D eigenvalue weighted by atomic mass is 19.1. The van der Waals surface area contributed by atoms with E-state index in [0.29, 0.717) is 17.2 Å². The van der Waals surface area contributed by atoms with Crippen LogP contribution in [0.1, 0.15) is 5.56 Å². The minimum Gasteiger partial charge on any atom is -0.497 e. The molecule has 1 aromatic heterocycles. The van der Waals surface area contributed by atoms with E-state index >= 15 is 0 Å². The topological polar surface area (TPSA) is 76.1 Å². The second kappa shape index (κ2) is 8.06. The van der Waals surface area contributed by atoms with Gasteiger partial charge in [0, 0.05) is 11.8 Å². The average Bonchev–Trinajstić information content (AvgIpc) is 2.63. The number of methoxy groups -OCH3 is 1. The third kappa shape index (κ3) is 4.76. The van der Waals surface area contributed by atoms with Gasteiger partial charge in [-0.25, -0.2) is 4.39 Å². The van der Waals surface area contributed by atoms with E-state index < -0.39 is 0 Å². The van der Waals surface area contributed by atoms with Gasteiger partial charge >= 0.3 is 0 Å². The number of hydrogen-bond acceptors (Lipinski definition) is 5. The van der Waals surface area contributed by atoms with Crippen LogP contribution in [0.5, 0.6) is 5.75 Å². The van der Waals surface area contributed by atoms with Gasteiger partial charge in [0.15, 0.2) is 11.6 Å². The second-order valence-corrected chi connectivity index (χ2v) is 5.52. The molecule has 1 amide bonds. The number of benzene rings is 2. The zero-order valence-electron chi connectivity index (χ0n) is 14.1. The van der Waals surface area contributed by atoms with Gasteiger partial charge < -0.3 is 15.4 Å². The van der Waals surface area contributed by atoms with Crippen LogP contribution in [-0.2, 0) is 11.2 Å². The van der Waals surface area contributed by atoms with Crippen LogP contribution >= 0.6 is 0 Å². The van der Waals surface area contributed by atoms with Gasteiger partial charge in [-0.1, -0.05) is 18.2 Å². The van der Waals surface area contributed by atoms with Crippen molar-refractivity contribution in [2.45, 2.75) is 6.42 Å². The molecule has 0 unspecified atom stereocenters. The lowest BCUT2D eigenvalue weighted by Gasteiger charge is -2.08. The maximum Gasteiger partial charge on any atom is 0.229 e. The molecular weight excluding hydrogens is 335 g/mol. The Kier molecular flexibility index (Phi) is 5.38. The Morgan fingerprint density at radius 1 is 1.04 bits per heavy atom. The van der Waals surface area contributed by atoms with Gasteiger partial charge in [0.05, 0.1) is 13.5 Å². The normalized spacial score (nSPS) is 10.2. The molecule has 7 heteroatoms. The Hall–Kier alpha value is -3.48. The smallest absolute Gasteiger partial charge is 0.229 e. The highest BCUT2D eigenvalue weighted by Crippen LogP contribution is 2.20. The molecule has 1 heterocycles. The Bertz CT molecular complexity index is 900. The summed E-state index contributed by atoms with van der Waals surface area (Å²) in [5, 5.41) is 13.7. The number of anilines is 3. The zero-order valence-corrected chi connectivity index (χ0v) is 14.1. The quantitative estimate of drug-likeness (QED) is 0.709. The first-order valence-corrected chi connectivity index (χ1v) is 7.91. The summed E-state index contributed by atoms with van der Waals surface area (Å²) in [4.78, 5) is 12.0. The number of rotatable bonds is 6. The third-order valence-electron chi connectivity index (χ3n) is 3.53. The van der Waals surface area contributed by atoms with E-state index in [4.69, 9.17) is 4.74 Å². The standard InChI is InChI=1S/C19H17FN4O2/c1-26-16-7-3-6-15(12-16)21-17-8-9-18(24-23-17)22-19(25)11-13-4-2-5-14(20)10-13/h2-10,12H,11H2,1H3,(H,21,23)(H,22,24,25). The molecule has 0 saturated carbocycles. The van der Waals surface area contributed by atoms with E-state index in [-0.39, 0.29) is 18.1 Å². The number of carbonyl (C=O) groups excluding carboxylic acids is 1. The number of hydrogen-bond donors (Lipinski definition) is 2. The molecule has 26 heavy (non-hydrogen) atoms. The summed E-state index contributed by atoms with van der Waals surface area (Å²) in [6.45, 7) is 0. The van der Waals surface area contributed by atoms with Crippen molar-refractivity contribution < 1.29 is 13.9 Å². The fraction of sp³-hybridized carbons (Fsp3) is 0.105. The monoisotopic (exact) mass is 352 g/mol. The van der Waals surface area contributed by atoms with Gasteiger partial charge in [0.1, 0.15) is 11.6 Å². The van der Waals surface area contributed by atoms with Gasteiger partial charge in [-0.3, -0.25) is 4.79 Å². The van der Waals surface area contributed by atoms with E-state index in [2.05, 4.69) is 20.8 Å². The van der Waals surface area contributed by atoms with Gasteiger partial charge in [-0.05, 0) is 42.0 Å². The Morgan fingerprint density at radius 2 is 1.81 bits per heavy atom. The third-order valence-corrected chi connectivity index (χ3v) is 3.53. The molecule has 0 bridgehead atoms. The molecule has 0 aliphatic rings. The maximum absolute atomic E-state index is 13.1. The van der Waals surface area contributed by atoms with Crippen LogP contribution in [-0.4, -0.2) is 23.2 Å². The molecule has 0 spiro atoms. The van der Waals surface area contributed by atoms with Crippen LogP contribution in [0, 0.1) is 5.82 Å². The van der Waals surface area contributed by atoms with Gasteiger partial charge in [0.2, 0.25) is 5.91 Å². The van der Waals surface area contributed by atoms with Gasteiger partial charge in [-0.15, -0.1) is 10.2 Å². The van der Waals surface area contributed by atoms with E-state index in [1.165, 1.54) is 12.1 Å². The molecule has 2 N–H and O–H groups in total. The van der Waals surface area contributed by atoms with Crippen molar-refractivity contribution in [1.82, 2.24) is 10.2 Å². The van der Waals surface area contributed by atoms with Crippen LogP contribution in [0.25, 0.3) is 0 Å². The largest absolute Gasteiger partial charge is 0.497 e. The molecule has 3 aromatic rings. The molecule has 3 rings (SSSR count). The lowest BCUT2D eigenvalue weighted by Crippen LogP contribution is -2.15. The second-order valence-electron chi connectivity index (χ2n) is 5.52. The van der Waals surface area contributed by atoms with Crippen molar-refractivity contribution in [2.24, 2.45) is 0 Å². The van der Waals surface area contributed by atoms with Crippen LogP contribution in [0.3, 0.4) is 0 Å². The number of amides is 1. The summed E-state index contributed by atoms with van der Waals surface area (Å²) in [7, 11) is 1.60. The number of nitrogens with zero attached hydrogens (tertiary/aromatic N) is 2. The van der Waals surface area contributed by atoms with Crippen molar-refractivity contribution in [3.05, 3.63) is 72.0 Å². The first-order valence-electron chi connectivity index (χ1n) is 7.91. The van der Waals surface area contributed by atoms with Crippen LogP contribution < -0.4 is 15.4 Å². The fourth-order valence-electron chi connectivity index (χ4n) is 2.33. The highest BCUT2D eigenvalue weighted by molar-refractivity contribution is 5.91. The first kappa shape index (κ1) is 17.3. The van der Waals surface area contributed by atoms with Crippen molar-refractivity contribution in [1.29, 1.82) is 0 Å². The molecule has 6 nitrogen and oxygen atoms in total. The van der Waals surface area contributed by atoms with Crippen LogP contribution in [0.2, 0.25) is 0 Å². The predicted molar refractivity (Wildman–Crippen MR) is 97.0 cm³/mol. The summed E-state index contributed by atoms with van der Waals surface area (Å²) in [5.41, 5.74) is 1.40. The Morgan fingerprint density at radius 3 is 2.54 bits per heavy atom. The summed E-state index contributed by atoms with van der Waals surface area (Å²) >= 11 is 0. The molecule has 2 aromatic carbocycles. The van der Waals surface area contributed by atoms with E-state index in [9.17, 15) is 9.18 Å². The Labute approximate surface area is 150 Å². The molecule has 0 fully saturated rings. The van der Waals surface area contributed by atoms with Crippen LogP contribution in [0.15, 0.2) is 60.7 Å². The summed E-state index contributed by atoms with van der Waals surface area (Å²) < 4.78 is 18.3. The van der Waals surface area contributed by atoms with Crippen LogP contribution in [0.4, 0.5) is 21.7 Å². The van der Waals surface area contributed by atoms with E-state index in [1.54, 1.807) is 31.4 Å². The number of halogens is 1. The summed E-state index contributed by atoms with van der Waals surface area (Å²) in [6.07, 6.45) is 0.0588. The molecule has 132 valence electrons.